The van der Waals surface area contributed by atoms with Crippen molar-refractivity contribution in [2.24, 2.45) is 0 Å². The zero-order valence-electron chi connectivity index (χ0n) is 59.2. The highest BCUT2D eigenvalue weighted by Crippen LogP contribution is 2.43. The summed E-state index contributed by atoms with van der Waals surface area (Å²) in [7, 11) is 1.51. The fourth-order valence-corrected chi connectivity index (χ4v) is 12.0. The van der Waals surface area contributed by atoms with E-state index in [2.05, 4.69) is 74.7 Å². The monoisotopic (exact) mass is 1260 g/mol. The summed E-state index contributed by atoms with van der Waals surface area (Å²) < 4.78 is 30.9. The van der Waals surface area contributed by atoms with E-state index >= 15 is 0 Å². The molecule has 0 aliphatic heterocycles. The number of allylic oxidation sites excluding steroid dienone is 9. The number of hydrogen-bond donors (Lipinski definition) is 2. The number of amides is 1. The Labute approximate surface area is 547 Å². The Morgan fingerprint density at radius 3 is 1.05 bits per heavy atom. The fraction of sp³-hybridized carbons (Fsp3) is 0.846. The van der Waals surface area contributed by atoms with Gasteiger partial charge in [-0.1, -0.05) is 326 Å². The molecule has 0 aromatic carbocycles. The first-order chi connectivity index (χ1) is 42.9. The van der Waals surface area contributed by atoms with Crippen LogP contribution in [0.5, 0.6) is 0 Å². The maximum atomic E-state index is 13.6. The van der Waals surface area contributed by atoms with Gasteiger partial charge in [-0.3, -0.25) is 18.6 Å². The second-order valence-corrected chi connectivity index (χ2v) is 28.6. The summed E-state index contributed by atoms with van der Waals surface area (Å²) in [6.07, 6.45) is 88.2. The summed E-state index contributed by atoms with van der Waals surface area (Å²) in [4.78, 5) is 38.0. The number of quaternary nitrogens is 1. The van der Waals surface area contributed by atoms with E-state index in [0.29, 0.717) is 23.9 Å². The molecule has 3 unspecified atom stereocenters. The normalized spacial score (nSPS) is 13.8. The zero-order valence-corrected chi connectivity index (χ0v) is 60.1. The van der Waals surface area contributed by atoms with E-state index in [-0.39, 0.29) is 25.1 Å². The van der Waals surface area contributed by atoms with Gasteiger partial charge in [0.15, 0.2) is 0 Å². The van der Waals surface area contributed by atoms with Gasteiger partial charge in [0.1, 0.15) is 19.3 Å². The number of nitrogens with zero attached hydrogens (tertiary/aromatic N) is 1. The lowest BCUT2D eigenvalue weighted by atomic mass is 10.0. The molecule has 0 radical (unpaired) electrons. The van der Waals surface area contributed by atoms with Crippen molar-refractivity contribution >= 4 is 19.7 Å². The van der Waals surface area contributed by atoms with Crippen LogP contribution in [0.3, 0.4) is 0 Å². The van der Waals surface area contributed by atoms with Crippen LogP contribution in [-0.2, 0) is 27.9 Å². The minimum atomic E-state index is -4.46. The topological polar surface area (TPSA) is 111 Å². The van der Waals surface area contributed by atoms with Gasteiger partial charge >= 0.3 is 13.8 Å². The molecule has 516 valence electrons. The van der Waals surface area contributed by atoms with E-state index in [1.54, 1.807) is 0 Å². The molecule has 9 nitrogen and oxygen atoms in total. The van der Waals surface area contributed by atoms with Gasteiger partial charge in [-0.05, 0) is 96.0 Å². The Balaban J connectivity index is 4.95. The molecule has 2 N–H and O–H groups in total. The number of phosphoric ester groups is 1. The Kier molecular flexibility index (Phi) is 65.8. The molecule has 10 heteroatoms. The van der Waals surface area contributed by atoms with Crippen molar-refractivity contribution < 1.29 is 37.3 Å². The van der Waals surface area contributed by atoms with E-state index in [1.807, 2.05) is 33.3 Å². The highest BCUT2D eigenvalue weighted by Gasteiger charge is 2.30. The van der Waals surface area contributed by atoms with Gasteiger partial charge in [-0.2, -0.15) is 0 Å². The van der Waals surface area contributed by atoms with E-state index < -0.39 is 20.0 Å². The minimum absolute atomic E-state index is 0.0413. The molecule has 0 aliphatic rings. The van der Waals surface area contributed by atoms with Crippen molar-refractivity contribution in [2.75, 3.05) is 40.9 Å². The van der Waals surface area contributed by atoms with Crippen LogP contribution in [0.2, 0.25) is 0 Å². The van der Waals surface area contributed by atoms with Crippen molar-refractivity contribution in [3.8, 4) is 0 Å². The maximum absolute atomic E-state index is 13.6. The molecule has 0 saturated heterocycles. The number of esters is 1. The van der Waals surface area contributed by atoms with Gasteiger partial charge in [0.2, 0.25) is 5.91 Å². The number of phosphoric acid groups is 1. The Bertz CT molecular complexity index is 1690. The number of unbranched alkanes of at least 4 members (excludes halogenated alkanes) is 46. The predicted molar refractivity (Wildman–Crippen MR) is 383 cm³/mol. The summed E-state index contributed by atoms with van der Waals surface area (Å²) >= 11 is 0. The molecule has 0 heterocycles. The number of hydrogen-bond acceptors (Lipinski definition) is 6. The van der Waals surface area contributed by atoms with Crippen molar-refractivity contribution in [2.45, 2.75) is 386 Å². The summed E-state index contributed by atoms with van der Waals surface area (Å²) in [5, 5.41) is 3.08. The third-order valence-electron chi connectivity index (χ3n) is 17.2. The van der Waals surface area contributed by atoms with Crippen molar-refractivity contribution in [3.63, 3.8) is 0 Å². The third-order valence-corrected chi connectivity index (χ3v) is 18.2. The maximum Gasteiger partial charge on any atom is 0.472 e. The lowest BCUT2D eigenvalue weighted by Crippen LogP contribution is -2.47. The SMILES string of the molecule is CCCCC/C=C\C/C=C\CCCCCCCCCCCCCCCCCCCC(=O)NC(COP(=O)(O)OCC[N+](C)(C)C)C(/C=C\CCCCCCCCCCCC)OC(=O)CCCCCCCCCCCCCCC/C=C\C/C=C\CCCCC. The second-order valence-electron chi connectivity index (χ2n) is 27.2. The van der Waals surface area contributed by atoms with Gasteiger partial charge < -0.3 is 19.4 Å². The molecule has 0 bridgehead atoms. The van der Waals surface area contributed by atoms with Crippen LogP contribution in [-0.4, -0.2) is 74.3 Å². The van der Waals surface area contributed by atoms with E-state index in [1.165, 1.54) is 270 Å². The van der Waals surface area contributed by atoms with Gasteiger partial charge in [-0.25, -0.2) is 4.57 Å². The van der Waals surface area contributed by atoms with Crippen LogP contribution in [0.4, 0.5) is 0 Å². The van der Waals surface area contributed by atoms with Gasteiger partial charge in [0.05, 0.1) is 33.8 Å². The van der Waals surface area contributed by atoms with Crippen molar-refractivity contribution in [1.82, 2.24) is 5.32 Å². The summed E-state index contributed by atoms with van der Waals surface area (Å²) in [5.74, 6) is -0.489. The highest BCUT2D eigenvalue weighted by atomic mass is 31.2. The number of carbonyl (C=O) groups is 2. The van der Waals surface area contributed by atoms with Gasteiger partial charge in [0.25, 0.3) is 0 Å². The van der Waals surface area contributed by atoms with Gasteiger partial charge in [-0.15, -0.1) is 0 Å². The molecule has 0 aromatic rings. The molecule has 0 aliphatic carbocycles. The Morgan fingerprint density at radius 1 is 0.398 bits per heavy atom. The van der Waals surface area contributed by atoms with E-state index in [4.69, 9.17) is 13.8 Å². The van der Waals surface area contributed by atoms with Crippen molar-refractivity contribution in [3.05, 3.63) is 60.8 Å². The van der Waals surface area contributed by atoms with E-state index in [0.717, 1.165) is 70.6 Å². The van der Waals surface area contributed by atoms with Crippen LogP contribution in [0.15, 0.2) is 60.8 Å². The fourth-order valence-electron chi connectivity index (χ4n) is 11.3. The third kappa shape index (κ3) is 68.1. The lowest BCUT2D eigenvalue weighted by Gasteiger charge is -2.27. The molecule has 1 amide bonds. The van der Waals surface area contributed by atoms with Crippen LogP contribution in [0.1, 0.15) is 374 Å². The lowest BCUT2D eigenvalue weighted by molar-refractivity contribution is -0.870. The Hall–Kier alpha value is -2.29. The zero-order chi connectivity index (χ0) is 64.2. The van der Waals surface area contributed by atoms with Gasteiger partial charge in [0, 0.05) is 12.8 Å². The number of likely N-dealkylation sites (N-methyl/N-ethyl adjacent to an activating group) is 1. The second kappa shape index (κ2) is 67.6. The molecule has 0 saturated carbocycles. The molecular weight excluding hydrogens is 1110 g/mol. The minimum Gasteiger partial charge on any atom is -0.456 e. The average Bonchev–Trinajstić information content (AvgIpc) is 3.66. The van der Waals surface area contributed by atoms with Crippen LogP contribution < -0.4 is 5.32 Å². The summed E-state index contributed by atoms with van der Waals surface area (Å²) in [6, 6.07) is -0.849. The van der Waals surface area contributed by atoms with E-state index in [9.17, 15) is 19.0 Å². The highest BCUT2D eigenvalue weighted by molar-refractivity contribution is 7.47. The van der Waals surface area contributed by atoms with Crippen LogP contribution in [0.25, 0.3) is 0 Å². The number of ether oxygens (including phenoxy) is 1. The smallest absolute Gasteiger partial charge is 0.456 e. The van der Waals surface area contributed by atoms with Crippen LogP contribution >= 0.6 is 7.82 Å². The molecule has 0 spiro atoms. The molecular formula is C78H148N2O7P+. The first-order valence-electron chi connectivity index (χ1n) is 38.1. The molecule has 3 atom stereocenters. The first kappa shape index (κ1) is 85.7. The predicted octanol–water partition coefficient (Wildman–Crippen LogP) is 24.5. The standard InChI is InChI=1S/C78H147N2O7P/c1-7-10-13-16-19-22-25-28-30-32-34-36-38-39-40-41-43-44-46-48-50-52-55-58-61-64-67-70-77(81)79-75(74-86-88(83,84)85-73-72-80(4,5)6)76(69-66-63-60-57-54-27-24-21-18-15-12-9-3)87-78(82)71-68-65-62-59-56-53-51-49-47-45-42-37-35-33-31-29-26-23-20-17-14-11-8-2/h19-20,22-23,28-31,66,69,75-76H,7-18,21,24-27,32-65,67-68,70-74H2,1-6H3,(H-,79,81,83,84)/p+1/b22-19-,23-20-,30-28-,31-29-,69-66-. The Morgan fingerprint density at radius 2 is 0.693 bits per heavy atom. The first-order valence-corrected chi connectivity index (χ1v) is 39.6. The number of nitrogens with one attached hydrogen (secondary N) is 1. The molecule has 0 fully saturated rings. The molecule has 0 rings (SSSR count). The largest absolute Gasteiger partial charge is 0.472 e. The van der Waals surface area contributed by atoms with Crippen molar-refractivity contribution in [1.29, 1.82) is 0 Å². The average molecular weight is 1260 g/mol. The summed E-state index contributed by atoms with van der Waals surface area (Å²) in [5.41, 5.74) is 0. The quantitative estimate of drug-likeness (QED) is 0.0205. The number of rotatable bonds is 70. The molecule has 88 heavy (non-hydrogen) atoms. The summed E-state index contributed by atoms with van der Waals surface area (Å²) in [6.45, 7) is 7.02. The number of carbonyl (C=O) groups excluding carboxylic acids is 2. The molecule has 0 aromatic heterocycles. The van der Waals surface area contributed by atoms with Crippen LogP contribution in [0, 0.1) is 0 Å².